The lowest BCUT2D eigenvalue weighted by atomic mass is 9.76. The van der Waals surface area contributed by atoms with Crippen LogP contribution in [-0.4, -0.2) is 45.2 Å². The Bertz CT molecular complexity index is 2840. The molecular weight excluding hydrogens is 907 g/mol. The summed E-state index contributed by atoms with van der Waals surface area (Å²) in [6.45, 7) is 9.45. The van der Waals surface area contributed by atoms with Gasteiger partial charge in [0.25, 0.3) is 0 Å². The maximum atomic E-state index is 16.0. The summed E-state index contributed by atoms with van der Waals surface area (Å²) >= 11 is 4.70. The molecule has 13 rings (SSSR count). The van der Waals surface area contributed by atoms with E-state index in [0.717, 1.165) is 31.8 Å². The maximum Gasteiger partial charge on any atom is 0.171 e. The zero-order valence-corrected chi connectivity index (χ0v) is 43.4. The first kappa shape index (κ1) is 44.1. The van der Waals surface area contributed by atoms with E-state index in [1.54, 1.807) is 0 Å². The Morgan fingerprint density at radius 3 is 1.21 bits per heavy atom. The van der Waals surface area contributed by atoms with Crippen LogP contribution >= 0.6 is 37.8 Å². The fourth-order valence-corrected chi connectivity index (χ4v) is 25.2. The number of thioether (sulfide) groups is 2. The second-order valence-corrected chi connectivity index (χ2v) is 30.5. The van der Waals surface area contributed by atoms with Gasteiger partial charge < -0.3 is 18.9 Å². The van der Waals surface area contributed by atoms with Crippen molar-refractivity contribution in [2.24, 2.45) is 0 Å². The number of hydrogen-bond acceptors (Lipinski definition) is 6. The molecule has 68 heavy (non-hydrogen) atoms. The van der Waals surface area contributed by atoms with E-state index < -0.39 is 14.3 Å². The molecule has 4 aliphatic heterocycles. The van der Waals surface area contributed by atoms with Gasteiger partial charge >= 0.3 is 0 Å². The van der Waals surface area contributed by atoms with E-state index in [-0.39, 0.29) is 10.8 Å². The smallest absolute Gasteiger partial charge is 0.171 e. The first-order valence-electron chi connectivity index (χ1n) is 25.7. The van der Waals surface area contributed by atoms with Gasteiger partial charge in [0.1, 0.15) is 0 Å². The van der Waals surface area contributed by atoms with Crippen LogP contribution in [0.15, 0.2) is 146 Å². The monoisotopic (exact) mass is 970 g/mol. The minimum Gasteiger partial charge on any atom is -0.363 e. The van der Waals surface area contributed by atoms with Crippen LogP contribution in [-0.2, 0) is 20.0 Å². The molecule has 6 aromatic carbocycles. The minimum absolute atomic E-state index is 0.297. The van der Waals surface area contributed by atoms with Crippen molar-refractivity contribution < 1.29 is 9.13 Å². The van der Waals surface area contributed by atoms with Gasteiger partial charge in [-0.1, -0.05) is 163 Å². The van der Waals surface area contributed by atoms with Crippen molar-refractivity contribution in [3.8, 4) is 0 Å². The summed E-state index contributed by atoms with van der Waals surface area (Å²) in [5, 5.41) is 8.10. The summed E-state index contributed by atoms with van der Waals surface area (Å²) in [6, 6.07) is 54.1. The molecular formula is C60H64N2O2P2S2. The van der Waals surface area contributed by atoms with E-state index in [2.05, 4.69) is 170 Å². The van der Waals surface area contributed by atoms with Crippen molar-refractivity contribution in [1.82, 2.24) is 0 Å². The molecule has 8 heteroatoms. The molecule has 0 bridgehead atoms. The summed E-state index contributed by atoms with van der Waals surface area (Å²) in [7, 11) is -6.23. The molecule has 0 N–H and O–H groups in total. The molecule has 7 aliphatic rings. The van der Waals surface area contributed by atoms with Gasteiger partial charge in [-0.15, -0.1) is 0 Å². The zero-order valence-electron chi connectivity index (χ0n) is 40.0. The van der Waals surface area contributed by atoms with E-state index in [1.807, 2.05) is 36.4 Å². The molecule has 4 heterocycles. The average Bonchev–Trinajstić information content (AvgIpc) is 3.38. The summed E-state index contributed by atoms with van der Waals surface area (Å²) in [5.74, 6) is 0. The lowest BCUT2D eigenvalue weighted by Crippen LogP contribution is -2.67. The van der Waals surface area contributed by atoms with Gasteiger partial charge in [-0.25, -0.2) is 0 Å². The third kappa shape index (κ3) is 6.41. The standard InChI is InChI=1S/C60H64N2O2P2S2/c1-59(2)43-23-11-15-27-51(43)65(63,41-19-7-5-8-20-41)53-33-31-39(35-45(53)59)61-47-25-13-17-29-55(47)67-57-38-50-58(37-49(57)61)68-56-30-18-14-26-48(56)62(50)40-32-34-54-46(36-40)60(3,4)44-24-12-16-28-52(44)66(54,64)42-21-9-6-10-22-42/h5-12,15-16,19-24,27-28,31-36,47-50,55-58H,13-14,17-18,25-26,29-30,37-38H2,1-4H3. The summed E-state index contributed by atoms with van der Waals surface area (Å²) in [5.41, 5.74) is 6.94. The average molecular weight is 971 g/mol. The molecule has 10 atom stereocenters. The summed E-state index contributed by atoms with van der Waals surface area (Å²) < 4.78 is 31.9. The Morgan fingerprint density at radius 1 is 0.412 bits per heavy atom. The fourth-order valence-electron chi connectivity index (χ4n) is 14.6. The molecule has 2 saturated heterocycles. The molecule has 0 spiro atoms. The number of anilines is 2. The second-order valence-electron chi connectivity index (χ2n) is 22.1. The van der Waals surface area contributed by atoms with Gasteiger partial charge in [0.2, 0.25) is 0 Å². The van der Waals surface area contributed by atoms with Crippen LogP contribution in [0.5, 0.6) is 0 Å². The van der Waals surface area contributed by atoms with Crippen LogP contribution in [0.1, 0.15) is 114 Å². The molecule has 3 aliphatic carbocycles. The largest absolute Gasteiger partial charge is 0.363 e. The summed E-state index contributed by atoms with van der Waals surface area (Å²) in [4.78, 5) is 5.92. The fraction of sp³-hybridized carbons (Fsp3) is 0.400. The van der Waals surface area contributed by atoms with E-state index in [1.165, 1.54) is 97.8 Å². The molecule has 3 saturated carbocycles. The topological polar surface area (TPSA) is 40.6 Å². The van der Waals surface area contributed by atoms with Crippen molar-refractivity contribution in [3.05, 3.63) is 168 Å². The number of rotatable bonds is 4. The van der Waals surface area contributed by atoms with Crippen molar-refractivity contribution >= 4 is 81.0 Å². The lowest BCUT2D eigenvalue weighted by molar-refractivity contribution is 0.287. The van der Waals surface area contributed by atoms with Gasteiger partial charge in [0.15, 0.2) is 14.3 Å². The number of hydrogen-bond donors (Lipinski definition) is 0. The van der Waals surface area contributed by atoms with E-state index >= 15 is 9.13 Å². The number of nitrogens with zero attached hydrogens (tertiary/aromatic N) is 2. The highest BCUT2D eigenvalue weighted by Crippen LogP contribution is 2.58. The highest BCUT2D eigenvalue weighted by atomic mass is 32.2. The first-order valence-corrected chi connectivity index (χ1v) is 31.0. The maximum absolute atomic E-state index is 16.0. The van der Waals surface area contributed by atoms with Gasteiger partial charge in [-0.2, -0.15) is 23.5 Å². The SMILES string of the molecule is CC1(C)c2ccccc2P(=O)(c2ccccc2)c2ccc(N3C4CCCCC4SC4CC5C(CC43)SC3CCCCC3N5c3ccc4c(c3)C(C)(C)c3ccccc3P4(=O)c3ccccc3)cc21. The second kappa shape index (κ2) is 16.3. The predicted molar refractivity (Wildman–Crippen MR) is 293 cm³/mol. The van der Waals surface area contributed by atoms with Gasteiger partial charge in [0, 0.05) is 99.2 Å². The highest BCUT2D eigenvalue weighted by Gasteiger charge is 2.55. The van der Waals surface area contributed by atoms with Crippen LogP contribution < -0.4 is 41.6 Å². The van der Waals surface area contributed by atoms with Crippen molar-refractivity contribution in [3.63, 3.8) is 0 Å². The van der Waals surface area contributed by atoms with Crippen LogP contribution in [0, 0.1) is 0 Å². The third-order valence-corrected chi connectivity index (χ3v) is 27.8. The molecule has 0 aromatic heterocycles. The molecule has 10 unspecified atom stereocenters. The minimum atomic E-state index is -3.12. The third-order valence-electron chi connectivity index (χ3n) is 17.9. The van der Waals surface area contributed by atoms with Crippen LogP contribution in [0.25, 0.3) is 0 Å². The van der Waals surface area contributed by atoms with Gasteiger partial charge in [-0.3, -0.25) is 0 Å². The zero-order chi connectivity index (χ0) is 46.2. The van der Waals surface area contributed by atoms with Crippen LogP contribution in [0.4, 0.5) is 11.4 Å². The number of fused-ring (bicyclic) bond motifs is 8. The molecule has 4 nitrogen and oxygen atoms in total. The van der Waals surface area contributed by atoms with E-state index in [9.17, 15) is 0 Å². The Hall–Kier alpha value is -3.92. The highest BCUT2D eigenvalue weighted by molar-refractivity contribution is 8.01. The Morgan fingerprint density at radius 2 is 0.779 bits per heavy atom. The van der Waals surface area contributed by atoms with E-state index in [4.69, 9.17) is 0 Å². The lowest BCUT2D eigenvalue weighted by Gasteiger charge is -2.61. The van der Waals surface area contributed by atoms with Gasteiger partial charge in [0.05, 0.1) is 0 Å². The Labute approximate surface area is 413 Å². The predicted octanol–water partition coefficient (Wildman–Crippen LogP) is 11.9. The molecule has 0 radical (unpaired) electrons. The van der Waals surface area contributed by atoms with Crippen molar-refractivity contribution in [2.75, 3.05) is 9.80 Å². The first-order chi connectivity index (χ1) is 33.0. The Kier molecular flexibility index (Phi) is 10.6. The summed E-state index contributed by atoms with van der Waals surface area (Å²) in [6.07, 6.45) is 12.6. The van der Waals surface area contributed by atoms with E-state index in [0.29, 0.717) is 45.2 Å². The quantitative estimate of drug-likeness (QED) is 0.164. The van der Waals surface area contributed by atoms with Crippen LogP contribution in [0.3, 0.4) is 0 Å². The molecule has 6 aromatic rings. The Balaban J connectivity index is 0.908. The molecule has 0 amide bonds. The molecule has 348 valence electrons. The van der Waals surface area contributed by atoms with Gasteiger partial charge in [-0.05, 0) is 97.2 Å². The molecule has 5 fully saturated rings. The van der Waals surface area contributed by atoms with Crippen LogP contribution in [0.2, 0.25) is 0 Å². The number of benzene rings is 6. The normalized spacial score (nSPS) is 32.7. The van der Waals surface area contributed by atoms with Crippen molar-refractivity contribution in [2.45, 2.75) is 148 Å². The van der Waals surface area contributed by atoms with Crippen molar-refractivity contribution in [1.29, 1.82) is 0 Å².